The molecule has 1 fully saturated rings. The molecule has 1 saturated heterocycles. The van der Waals surface area contributed by atoms with Crippen LogP contribution in [0.1, 0.15) is 10.6 Å². The summed E-state index contributed by atoms with van der Waals surface area (Å²) >= 11 is 0. The number of anilines is 1. The normalized spacial score (nSPS) is 16.1. The van der Waals surface area contributed by atoms with Gasteiger partial charge in [0.25, 0.3) is 0 Å². The van der Waals surface area contributed by atoms with Crippen molar-refractivity contribution in [2.24, 2.45) is 5.92 Å². The lowest BCUT2D eigenvalue weighted by Crippen LogP contribution is -2.53. The van der Waals surface area contributed by atoms with Gasteiger partial charge in [-0.1, -0.05) is 0 Å². The van der Waals surface area contributed by atoms with Gasteiger partial charge in [0.2, 0.25) is 5.76 Å². The van der Waals surface area contributed by atoms with Crippen molar-refractivity contribution in [1.29, 1.82) is 0 Å². The van der Waals surface area contributed by atoms with Crippen LogP contribution in [0.15, 0.2) is 28.7 Å². The fraction of sp³-hybridized carbons (Fsp3) is 0.357. The monoisotopic (exact) mass is 299 g/mol. The molecule has 1 aliphatic rings. The maximum atomic E-state index is 12.5. The molecule has 0 bridgehead atoms. The minimum Gasteiger partial charge on any atom is -0.463 e. The van der Waals surface area contributed by atoms with Gasteiger partial charge < -0.3 is 14.1 Å². The van der Waals surface area contributed by atoms with Crippen molar-refractivity contribution in [2.45, 2.75) is 6.18 Å². The summed E-state index contributed by atoms with van der Waals surface area (Å²) in [7, 11) is 1.25. The van der Waals surface area contributed by atoms with Crippen LogP contribution in [0.25, 0.3) is 11.0 Å². The van der Waals surface area contributed by atoms with Crippen LogP contribution in [0.2, 0.25) is 0 Å². The van der Waals surface area contributed by atoms with Gasteiger partial charge in [-0.15, -0.1) is 0 Å². The first-order chi connectivity index (χ1) is 9.88. The number of halogens is 3. The number of benzene rings is 1. The smallest absolute Gasteiger partial charge is 0.395 e. The van der Waals surface area contributed by atoms with Crippen molar-refractivity contribution in [3.63, 3.8) is 0 Å². The number of carbonyl (C=O) groups is 1. The Bertz CT molecular complexity index is 686. The quantitative estimate of drug-likeness (QED) is 0.799. The maximum Gasteiger partial charge on any atom is 0.395 e. The molecule has 0 saturated carbocycles. The summed E-state index contributed by atoms with van der Waals surface area (Å²) in [5, 5.41) is 0.701. The molecule has 0 unspecified atom stereocenters. The van der Waals surface area contributed by atoms with Gasteiger partial charge in [0.05, 0.1) is 13.0 Å². The van der Waals surface area contributed by atoms with E-state index in [2.05, 4.69) is 4.74 Å². The number of hydrogen-bond donors (Lipinski definition) is 0. The summed E-state index contributed by atoms with van der Waals surface area (Å²) < 4.78 is 47.3. The lowest BCUT2D eigenvalue weighted by molar-refractivity contribution is -0.180. The highest BCUT2D eigenvalue weighted by Crippen LogP contribution is 2.37. The van der Waals surface area contributed by atoms with E-state index in [9.17, 15) is 18.0 Å². The Hall–Kier alpha value is -2.18. The molecule has 0 spiro atoms. The van der Waals surface area contributed by atoms with Crippen molar-refractivity contribution >= 4 is 22.6 Å². The molecule has 0 atom stereocenters. The van der Waals surface area contributed by atoms with Crippen LogP contribution in [0.5, 0.6) is 0 Å². The molecular formula is C14H12F3NO3. The first-order valence-electron chi connectivity index (χ1n) is 6.32. The van der Waals surface area contributed by atoms with Gasteiger partial charge in [0, 0.05) is 30.2 Å². The van der Waals surface area contributed by atoms with Crippen LogP contribution >= 0.6 is 0 Å². The molecule has 0 N–H and O–H groups in total. The Morgan fingerprint density at radius 3 is 2.67 bits per heavy atom. The molecule has 112 valence electrons. The number of hydrogen-bond acceptors (Lipinski definition) is 4. The zero-order valence-electron chi connectivity index (χ0n) is 11.1. The molecule has 21 heavy (non-hydrogen) atoms. The fourth-order valence-corrected chi connectivity index (χ4v) is 2.31. The second-order valence-electron chi connectivity index (χ2n) is 4.97. The molecule has 7 heteroatoms. The van der Waals surface area contributed by atoms with Gasteiger partial charge in [-0.25, -0.2) is 4.79 Å². The summed E-state index contributed by atoms with van der Waals surface area (Å²) in [6.07, 6.45) is -4.15. The summed E-state index contributed by atoms with van der Waals surface area (Å²) in [6, 6.07) is 6.60. The van der Waals surface area contributed by atoms with Crippen LogP contribution in [0, 0.1) is 5.92 Å². The summed E-state index contributed by atoms with van der Waals surface area (Å²) in [6.45, 7) is -0.112. The van der Waals surface area contributed by atoms with E-state index >= 15 is 0 Å². The number of rotatable bonds is 2. The Balaban J connectivity index is 1.81. The summed E-state index contributed by atoms with van der Waals surface area (Å²) in [5.74, 6) is -1.80. The summed E-state index contributed by atoms with van der Waals surface area (Å²) in [4.78, 5) is 13.0. The largest absolute Gasteiger partial charge is 0.463 e. The third-order valence-electron chi connectivity index (χ3n) is 3.60. The third kappa shape index (κ3) is 2.43. The van der Waals surface area contributed by atoms with E-state index in [-0.39, 0.29) is 18.8 Å². The Morgan fingerprint density at radius 2 is 2.05 bits per heavy atom. The molecule has 1 aromatic carbocycles. The molecule has 3 rings (SSSR count). The lowest BCUT2D eigenvalue weighted by Gasteiger charge is -2.41. The van der Waals surface area contributed by atoms with Gasteiger partial charge in [-0.3, -0.25) is 0 Å². The van der Waals surface area contributed by atoms with Crippen molar-refractivity contribution in [3.8, 4) is 0 Å². The molecule has 1 aliphatic heterocycles. The molecule has 2 heterocycles. The molecule has 4 nitrogen and oxygen atoms in total. The zero-order valence-corrected chi connectivity index (χ0v) is 11.1. The topological polar surface area (TPSA) is 42.7 Å². The molecule has 0 aliphatic carbocycles. The third-order valence-corrected chi connectivity index (χ3v) is 3.60. The highest BCUT2D eigenvalue weighted by Gasteiger charge is 2.47. The molecule has 0 radical (unpaired) electrons. The Labute approximate surface area is 118 Å². The zero-order chi connectivity index (χ0) is 15.2. The Morgan fingerprint density at radius 1 is 1.33 bits per heavy atom. The first-order valence-corrected chi connectivity index (χ1v) is 6.32. The van der Waals surface area contributed by atoms with Crippen LogP contribution in [0.4, 0.5) is 18.9 Å². The number of nitrogens with zero attached hydrogens (tertiary/aromatic N) is 1. The minimum atomic E-state index is -4.15. The van der Waals surface area contributed by atoms with Crippen molar-refractivity contribution in [3.05, 3.63) is 30.0 Å². The van der Waals surface area contributed by atoms with Crippen molar-refractivity contribution < 1.29 is 27.1 Å². The number of furan rings is 1. The lowest BCUT2D eigenvalue weighted by atomic mass is 9.98. The molecule has 1 aromatic heterocycles. The second-order valence-corrected chi connectivity index (χ2v) is 4.97. The van der Waals surface area contributed by atoms with E-state index in [0.717, 1.165) is 0 Å². The van der Waals surface area contributed by atoms with Gasteiger partial charge in [-0.2, -0.15) is 13.2 Å². The number of methoxy groups -OCH3 is 1. The van der Waals surface area contributed by atoms with Gasteiger partial charge in [0.1, 0.15) is 5.58 Å². The molecular weight excluding hydrogens is 287 g/mol. The molecule has 2 aromatic rings. The van der Waals surface area contributed by atoms with Crippen molar-refractivity contribution in [2.75, 3.05) is 25.1 Å². The standard InChI is InChI=1S/C14H12F3NO3/c1-20-13(19)12-4-8-2-3-10(5-11(8)21-12)18-6-9(7-18)14(15,16)17/h2-5,9H,6-7H2,1H3. The summed E-state index contributed by atoms with van der Waals surface area (Å²) in [5.41, 5.74) is 1.09. The van der Waals surface area contributed by atoms with E-state index in [4.69, 9.17) is 4.42 Å². The average molecular weight is 299 g/mol. The number of carbonyl (C=O) groups excluding carboxylic acids is 1. The highest BCUT2D eigenvalue weighted by atomic mass is 19.4. The number of fused-ring (bicyclic) bond motifs is 1. The minimum absolute atomic E-state index is 0.0560. The van der Waals surface area contributed by atoms with Gasteiger partial charge in [0.15, 0.2) is 0 Å². The predicted octanol–water partition coefficient (Wildman–Crippen LogP) is 3.22. The van der Waals surface area contributed by atoms with Gasteiger partial charge >= 0.3 is 12.1 Å². The van der Waals surface area contributed by atoms with Crippen molar-refractivity contribution in [1.82, 2.24) is 0 Å². The van der Waals surface area contributed by atoms with E-state index in [1.807, 2.05) is 0 Å². The van der Waals surface area contributed by atoms with E-state index in [0.29, 0.717) is 16.7 Å². The van der Waals surface area contributed by atoms with E-state index in [1.54, 1.807) is 29.2 Å². The van der Waals surface area contributed by atoms with Gasteiger partial charge in [-0.05, 0) is 18.2 Å². The van der Waals surface area contributed by atoms with E-state index < -0.39 is 18.1 Å². The number of ether oxygens (including phenoxy) is 1. The Kier molecular flexibility index (Phi) is 3.07. The SMILES string of the molecule is COC(=O)c1cc2ccc(N3CC(C(F)(F)F)C3)cc2o1. The number of esters is 1. The average Bonchev–Trinajstić information content (AvgIpc) is 2.77. The first kappa shape index (κ1) is 13.8. The number of alkyl halides is 3. The van der Waals surface area contributed by atoms with E-state index in [1.165, 1.54) is 7.11 Å². The van der Waals surface area contributed by atoms with Crippen LogP contribution in [0.3, 0.4) is 0 Å². The maximum absolute atomic E-state index is 12.5. The highest BCUT2D eigenvalue weighted by molar-refractivity contribution is 5.93. The second kappa shape index (κ2) is 4.68. The van der Waals surface area contributed by atoms with Crippen LogP contribution in [-0.2, 0) is 4.74 Å². The molecule has 0 amide bonds. The van der Waals surface area contributed by atoms with Crippen LogP contribution in [-0.4, -0.2) is 32.3 Å². The fourth-order valence-electron chi connectivity index (χ4n) is 2.31. The van der Waals surface area contributed by atoms with Crippen LogP contribution < -0.4 is 4.90 Å². The predicted molar refractivity (Wildman–Crippen MR) is 69.3 cm³/mol.